The number of thioether (sulfide) groups is 1. The summed E-state index contributed by atoms with van der Waals surface area (Å²) in [5.74, 6) is 1.77. The number of halogens is 1. The maximum absolute atomic E-state index is 3.72. The van der Waals surface area contributed by atoms with E-state index in [0.717, 1.165) is 0 Å². The minimum Gasteiger partial charge on any atom is -0.362 e. The van der Waals surface area contributed by atoms with Gasteiger partial charge in [-0.05, 0) is 49.0 Å². The average Bonchev–Trinajstić information content (AvgIpc) is 3.03. The Morgan fingerprint density at radius 1 is 1.16 bits per heavy atom. The first-order valence-electron chi connectivity index (χ1n) is 6.93. The van der Waals surface area contributed by atoms with E-state index in [2.05, 4.69) is 57.3 Å². The van der Waals surface area contributed by atoms with Gasteiger partial charge in [-0.3, -0.25) is 0 Å². The van der Waals surface area contributed by atoms with Crippen molar-refractivity contribution in [2.24, 2.45) is 0 Å². The molecule has 0 bridgehead atoms. The molecule has 98 valence electrons. The minimum absolute atomic E-state index is 0.527. The smallest absolute Gasteiger partial charge is 0.0396 e. The van der Waals surface area contributed by atoms with Crippen LogP contribution >= 0.6 is 27.7 Å². The van der Waals surface area contributed by atoms with Crippen LogP contribution in [0.25, 0.3) is 0 Å². The molecule has 0 aromatic heterocycles. The van der Waals surface area contributed by atoms with Gasteiger partial charge < -0.3 is 5.32 Å². The Labute approximate surface area is 126 Å². The van der Waals surface area contributed by atoms with Crippen LogP contribution < -0.4 is 5.32 Å². The summed E-state index contributed by atoms with van der Waals surface area (Å²) in [6.07, 6.45) is 5.02. The fourth-order valence-electron chi connectivity index (χ4n) is 3.46. The molecule has 1 atom stereocenters. The van der Waals surface area contributed by atoms with E-state index in [1.54, 1.807) is 10.5 Å². The molecule has 0 spiro atoms. The first-order chi connectivity index (χ1) is 9.33. The summed E-state index contributed by atoms with van der Waals surface area (Å²) in [4.78, 5) is 1.58. The summed E-state index contributed by atoms with van der Waals surface area (Å²) in [7, 11) is 0. The molecule has 0 fully saturated rings. The normalized spacial score (nSPS) is 25.4. The van der Waals surface area contributed by atoms with Gasteiger partial charge in [0, 0.05) is 32.4 Å². The molecule has 1 unspecified atom stereocenters. The van der Waals surface area contributed by atoms with Crippen LogP contribution in [0.4, 0.5) is 0 Å². The number of benzene rings is 1. The van der Waals surface area contributed by atoms with Gasteiger partial charge in [0.2, 0.25) is 0 Å². The van der Waals surface area contributed by atoms with Crippen molar-refractivity contribution in [2.45, 2.75) is 31.6 Å². The van der Waals surface area contributed by atoms with E-state index in [0.29, 0.717) is 5.92 Å². The first kappa shape index (κ1) is 12.1. The van der Waals surface area contributed by atoms with Crippen LogP contribution in [-0.4, -0.2) is 5.75 Å². The van der Waals surface area contributed by atoms with E-state index in [9.17, 15) is 0 Å². The van der Waals surface area contributed by atoms with Crippen molar-refractivity contribution in [3.8, 4) is 0 Å². The third kappa shape index (κ3) is 1.98. The van der Waals surface area contributed by atoms with Crippen molar-refractivity contribution < 1.29 is 0 Å². The average molecular weight is 334 g/mol. The van der Waals surface area contributed by atoms with Crippen molar-refractivity contribution >= 4 is 27.7 Å². The molecule has 0 amide bonds. The van der Waals surface area contributed by atoms with E-state index in [4.69, 9.17) is 0 Å². The van der Waals surface area contributed by atoms with Crippen LogP contribution in [0.2, 0.25) is 0 Å². The largest absolute Gasteiger partial charge is 0.362 e. The number of dihydropyridines is 1. The van der Waals surface area contributed by atoms with Crippen LogP contribution in [-0.2, 0) is 0 Å². The maximum atomic E-state index is 3.72. The molecule has 1 aliphatic carbocycles. The van der Waals surface area contributed by atoms with Crippen molar-refractivity contribution in [1.82, 2.24) is 5.32 Å². The lowest BCUT2D eigenvalue weighted by atomic mass is 9.86. The van der Waals surface area contributed by atoms with Gasteiger partial charge in [0.1, 0.15) is 0 Å². The number of nitrogens with one attached hydrogen (secondary N) is 1. The third-order valence-electron chi connectivity index (χ3n) is 4.26. The molecule has 1 aromatic rings. The molecule has 2 heterocycles. The zero-order valence-corrected chi connectivity index (χ0v) is 13.1. The quantitative estimate of drug-likeness (QED) is 0.782. The highest BCUT2D eigenvalue weighted by atomic mass is 79.9. The standard InChI is InChI=1S/C16H16BrNS/c17-11-4-1-3-10(9-11)15-12-5-2-6-13(12)18-14-7-8-19-16(14)15/h1,3-4,9,15,18H,2,5-8H2. The fourth-order valence-corrected chi connectivity index (χ4v) is 5.18. The lowest BCUT2D eigenvalue weighted by Gasteiger charge is -2.28. The monoisotopic (exact) mass is 333 g/mol. The molecule has 19 heavy (non-hydrogen) atoms. The Kier molecular flexibility index (Phi) is 3.00. The molecule has 1 nitrogen and oxygen atoms in total. The second kappa shape index (κ2) is 4.71. The highest BCUT2D eigenvalue weighted by molar-refractivity contribution is 9.10. The van der Waals surface area contributed by atoms with Gasteiger partial charge >= 0.3 is 0 Å². The minimum atomic E-state index is 0.527. The highest BCUT2D eigenvalue weighted by Crippen LogP contribution is 2.51. The molecule has 1 N–H and O–H groups in total. The third-order valence-corrected chi connectivity index (χ3v) is 5.96. The van der Waals surface area contributed by atoms with E-state index in [1.165, 1.54) is 52.9 Å². The second-order valence-electron chi connectivity index (χ2n) is 5.41. The Balaban J connectivity index is 1.84. The summed E-state index contributed by atoms with van der Waals surface area (Å²) in [6, 6.07) is 8.86. The Hall–Kier alpha value is -0.670. The molecule has 4 rings (SSSR count). The lowest BCUT2D eigenvalue weighted by molar-refractivity contribution is 0.789. The Bertz CT molecular complexity index is 573. The maximum Gasteiger partial charge on any atom is 0.0396 e. The fraction of sp³-hybridized carbons (Fsp3) is 0.375. The molecule has 0 saturated carbocycles. The summed E-state index contributed by atoms with van der Waals surface area (Å²) in [5, 5.41) is 3.72. The van der Waals surface area contributed by atoms with Crippen LogP contribution in [0.5, 0.6) is 0 Å². The van der Waals surface area contributed by atoms with Crippen molar-refractivity contribution in [2.75, 3.05) is 5.75 Å². The van der Waals surface area contributed by atoms with Gasteiger partial charge in [-0.2, -0.15) is 0 Å². The Morgan fingerprint density at radius 3 is 3.00 bits per heavy atom. The van der Waals surface area contributed by atoms with E-state index >= 15 is 0 Å². The molecule has 1 aromatic carbocycles. The predicted octanol–water partition coefficient (Wildman–Crippen LogP) is 4.92. The summed E-state index contributed by atoms with van der Waals surface area (Å²) >= 11 is 5.67. The lowest BCUT2D eigenvalue weighted by Crippen LogP contribution is -2.21. The van der Waals surface area contributed by atoms with E-state index in [-0.39, 0.29) is 0 Å². The van der Waals surface area contributed by atoms with Crippen LogP contribution in [0.3, 0.4) is 0 Å². The Morgan fingerprint density at radius 2 is 2.11 bits per heavy atom. The van der Waals surface area contributed by atoms with Gasteiger partial charge in [-0.1, -0.05) is 28.1 Å². The summed E-state index contributed by atoms with van der Waals surface area (Å²) < 4.78 is 1.19. The SMILES string of the molecule is Brc1cccc(C2C3=C(CCC3)NC3=C2SCC3)c1. The van der Waals surface area contributed by atoms with Crippen molar-refractivity contribution in [3.05, 3.63) is 56.2 Å². The van der Waals surface area contributed by atoms with Crippen molar-refractivity contribution in [3.63, 3.8) is 0 Å². The van der Waals surface area contributed by atoms with Gasteiger partial charge in [-0.15, -0.1) is 11.8 Å². The molecule has 0 radical (unpaired) electrons. The molecular formula is C16H16BrNS. The highest BCUT2D eigenvalue weighted by Gasteiger charge is 2.35. The first-order valence-corrected chi connectivity index (χ1v) is 8.71. The predicted molar refractivity (Wildman–Crippen MR) is 85.0 cm³/mol. The van der Waals surface area contributed by atoms with Crippen LogP contribution in [0, 0.1) is 0 Å². The summed E-state index contributed by atoms with van der Waals surface area (Å²) in [5.41, 5.74) is 6.11. The van der Waals surface area contributed by atoms with Crippen LogP contribution in [0.15, 0.2) is 50.6 Å². The topological polar surface area (TPSA) is 12.0 Å². The summed E-state index contributed by atoms with van der Waals surface area (Å²) in [6.45, 7) is 0. The number of rotatable bonds is 1. The number of hydrogen-bond acceptors (Lipinski definition) is 2. The van der Waals surface area contributed by atoms with E-state index < -0.39 is 0 Å². The van der Waals surface area contributed by atoms with Gasteiger partial charge in [0.05, 0.1) is 0 Å². The number of allylic oxidation sites excluding steroid dienone is 4. The molecule has 3 heteroatoms. The zero-order chi connectivity index (χ0) is 12.8. The number of hydrogen-bond donors (Lipinski definition) is 1. The molecular weight excluding hydrogens is 318 g/mol. The van der Waals surface area contributed by atoms with Crippen molar-refractivity contribution in [1.29, 1.82) is 0 Å². The second-order valence-corrected chi connectivity index (χ2v) is 7.46. The molecule has 0 saturated heterocycles. The van der Waals surface area contributed by atoms with E-state index in [1.807, 2.05) is 0 Å². The van der Waals surface area contributed by atoms with Gasteiger partial charge in [-0.25, -0.2) is 0 Å². The van der Waals surface area contributed by atoms with Gasteiger partial charge in [0.15, 0.2) is 0 Å². The van der Waals surface area contributed by atoms with Gasteiger partial charge in [0.25, 0.3) is 0 Å². The molecule has 2 aliphatic heterocycles. The van der Waals surface area contributed by atoms with Crippen LogP contribution in [0.1, 0.15) is 37.2 Å². The zero-order valence-electron chi connectivity index (χ0n) is 10.7. The molecule has 3 aliphatic rings.